The lowest BCUT2D eigenvalue weighted by Crippen LogP contribution is -2.13. The summed E-state index contributed by atoms with van der Waals surface area (Å²) in [6, 6.07) is 0. The summed E-state index contributed by atoms with van der Waals surface area (Å²) >= 11 is 0. The fourth-order valence-corrected chi connectivity index (χ4v) is 1.97. The molecule has 0 bridgehead atoms. The van der Waals surface area contributed by atoms with E-state index < -0.39 is 9.17 Å². The molecule has 0 aliphatic carbocycles. The van der Waals surface area contributed by atoms with Gasteiger partial charge >= 0.3 is 9.17 Å². The third-order valence-corrected chi connectivity index (χ3v) is 2.86. The molecule has 1 fully saturated rings. The van der Waals surface area contributed by atoms with Gasteiger partial charge in [0.25, 0.3) is 0 Å². The van der Waals surface area contributed by atoms with Gasteiger partial charge in [-0.05, 0) is 12.8 Å². The molecule has 1 rings (SSSR count). The first-order chi connectivity index (χ1) is 5.89. The molecule has 0 atom stereocenters. The first-order valence-corrected chi connectivity index (χ1v) is 5.91. The van der Waals surface area contributed by atoms with E-state index in [9.17, 15) is 4.46 Å². The zero-order valence-electron chi connectivity index (χ0n) is 7.88. The molecule has 1 aliphatic rings. The molecule has 5 heteroatoms. The Balaban J connectivity index is 0.00000144. The van der Waals surface area contributed by atoms with Crippen molar-refractivity contribution >= 4 is 9.17 Å². The predicted molar refractivity (Wildman–Crippen MR) is 49.7 cm³/mol. The van der Waals surface area contributed by atoms with Crippen LogP contribution in [0.1, 0.15) is 38.5 Å². The smallest absolute Gasteiger partial charge is 0.496 e. The Morgan fingerprint density at radius 1 is 0.769 bits per heavy atom. The van der Waals surface area contributed by atoms with Crippen molar-refractivity contribution in [3.63, 3.8) is 0 Å². The molecule has 0 aromatic carbocycles. The molecular weight excluding hydrogens is 188 g/mol. The summed E-state index contributed by atoms with van der Waals surface area (Å²) in [6.07, 6.45) is 6.94. The molecule has 0 radical (unpaired) electrons. The van der Waals surface area contributed by atoms with Crippen LogP contribution in [0.5, 0.6) is 0 Å². The lowest BCUT2D eigenvalue weighted by atomic mass is 10.1. The molecular formula is C8H18O4Si. The van der Waals surface area contributed by atoms with Gasteiger partial charge in [0.15, 0.2) is 0 Å². The summed E-state index contributed by atoms with van der Waals surface area (Å²) in [5.41, 5.74) is 0. The van der Waals surface area contributed by atoms with Crippen LogP contribution in [0.15, 0.2) is 0 Å². The van der Waals surface area contributed by atoms with E-state index in [4.69, 9.17) is 8.85 Å². The first-order valence-electron chi connectivity index (χ1n) is 4.69. The van der Waals surface area contributed by atoms with Crippen molar-refractivity contribution < 1.29 is 18.8 Å². The second kappa shape index (κ2) is 8.19. The Bertz CT molecular complexity index is 126. The molecule has 0 aromatic heterocycles. The van der Waals surface area contributed by atoms with E-state index in [1.807, 2.05) is 0 Å². The molecule has 1 aliphatic heterocycles. The molecule has 4 nitrogen and oxygen atoms in total. The average molecular weight is 206 g/mol. The number of rotatable bonds is 0. The SMILES string of the molecule is O.O=[Si]1OCCCCCCCCO1. The quantitative estimate of drug-likeness (QED) is 0.554. The number of hydrogen-bond donors (Lipinski definition) is 0. The van der Waals surface area contributed by atoms with Gasteiger partial charge in [-0.1, -0.05) is 25.7 Å². The van der Waals surface area contributed by atoms with Gasteiger partial charge in [0.2, 0.25) is 0 Å². The molecule has 0 saturated carbocycles. The van der Waals surface area contributed by atoms with Crippen LogP contribution in [0.25, 0.3) is 0 Å². The monoisotopic (exact) mass is 206 g/mol. The normalized spacial score (nSPS) is 20.2. The van der Waals surface area contributed by atoms with Crippen LogP contribution in [0, 0.1) is 0 Å². The minimum Gasteiger partial charge on any atom is -0.496 e. The van der Waals surface area contributed by atoms with Gasteiger partial charge < -0.3 is 14.3 Å². The van der Waals surface area contributed by atoms with E-state index in [1.165, 1.54) is 25.7 Å². The zero-order valence-corrected chi connectivity index (χ0v) is 8.88. The highest BCUT2D eigenvalue weighted by Gasteiger charge is 2.10. The average Bonchev–Trinajstić information content (AvgIpc) is 2.11. The molecule has 2 N–H and O–H groups in total. The van der Waals surface area contributed by atoms with Crippen molar-refractivity contribution in [3.05, 3.63) is 0 Å². The van der Waals surface area contributed by atoms with E-state index >= 15 is 0 Å². The highest BCUT2D eigenvalue weighted by atomic mass is 28.3. The van der Waals surface area contributed by atoms with E-state index in [0.29, 0.717) is 13.2 Å². The van der Waals surface area contributed by atoms with Gasteiger partial charge in [0.1, 0.15) is 0 Å². The highest BCUT2D eigenvalue weighted by molar-refractivity contribution is 6.26. The van der Waals surface area contributed by atoms with E-state index in [2.05, 4.69) is 0 Å². The first kappa shape index (κ1) is 12.6. The van der Waals surface area contributed by atoms with Crippen molar-refractivity contribution in [2.45, 2.75) is 38.5 Å². The van der Waals surface area contributed by atoms with Crippen molar-refractivity contribution in [2.24, 2.45) is 0 Å². The Hall–Kier alpha value is -0.423. The fraction of sp³-hybridized carbons (Fsp3) is 1.00. The molecule has 13 heavy (non-hydrogen) atoms. The van der Waals surface area contributed by atoms with Crippen LogP contribution in [-0.4, -0.2) is 27.9 Å². The van der Waals surface area contributed by atoms with Crippen molar-refractivity contribution in [1.82, 2.24) is 0 Å². The summed E-state index contributed by atoms with van der Waals surface area (Å²) in [6.45, 7) is 1.19. The van der Waals surface area contributed by atoms with Crippen molar-refractivity contribution in [1.29, 1.82) is 0 Å². The summed E-state index contributed by atoms with van der Waals surface area (Å²) < 4.78 is 20.9. The fourth-order valence-electron chi connectivity index (χ4n) is 1.26. The molecule has 0 spiro atoms. The lowest BCUT2D eigenvalue weighted by Gasteiger charge is -2.02. The maximum atomic E-state index is 11.0. The Labute approximate surface area is 80.4 Å². The van der Waals surface area contributed by atoms with Gasteiger partial charge in [-0.15, -0.1) is 0 Å². The van der Waals surface area contributed by atoms with Gasteiger partial charge in [0, 0.05) is 0 Å². The Morgan fingerprint density at radius 3 is 1.62 bits per heavy atom. The van der Waals surface area contributed by atoms with Gasteiger partial charge in [-0.2, -0.15) is 0 Å². The second-order valence-corrected chi connectivity index (χ2v) is 4.15. The minimum absolute atomic E-state index is 0. The molecule has 0 aromatic rings. The standard InChI is InChI=1S/C8H16O3Si.H2O/c9-12-10-7-5-3-1-2-4-6-8-11-12;/h1-8H2;1H2. The molecule has 78 valence electrons. The van der Waals surface area contributed by atoms with Crippen molar-refractivity contribution in [3.8, 4) is 0 Å². The van der Waals surface area contributed by atoms with Crippen LogP contribution in [-0.2, 0) is 13.3 Å². The molecule has 1 heterocycles. The molecule has 0 unspecified atom stereocenters. The highest BCUT2D eigenvalue weighted by Crippen LogP contribution is 2.07. The maximum absolute atomic E-state index is 11.0. The van der Waals surface area contributed by atoms with Crippen LogP contribution in [0.3, 0.4) is 0 Å². The minimum atomic E-state index is -2.16. The second-order valence-electron chi connectivity index (χ2n) is 3.07. The molecule has 0 amide bonds. The Kier molecular flexibility index (Phi) is 7.92. The van der Waals surface area contributed by atoms with Gasteiger partial charge in [-0.3, -0.25) is 4.46 Å². The van der Waals surface area contributed by atoms with Crippen molar-refractivity contribution in [2.75, 3.05) is 13.2 Å². The zero-order chi connectivity index (χ0) is 8.65. The topological polar surface area (TPSA) is 67.0 Å². The van der Waals surface area contributed by atoms with Gasteiger partial charge in [-0.25, -0.2) is 0 Å². The molecule has 1 saturated heterocycles. The lowest BCUT2D eigenvalue weighted by molar-refractivity contribution is 0.166. The summed E-state index contributed by atoms with van der Waals surface area (Å²) in [5.74, 6) is 0. The summed E-state index contributed by atoms with van der Waals surface area (Å²) in [4.78, 5) is 0. The number of hydrogen-bond acceptors (Lipinski definition) is 3. The third kappa shape index (κ3) is 6.71. The third-order valence-electron chi connectivity index (χ3n) is 1.98. The van der Waals surface area contributed by atoms with E-state index in [-0.39, 0.29) is 5.48 Å². The maximum Gasteiger partial charge on any atom is 0.767 e. The summed E-state index contributed by atoms with van der Waals surface area (Å²) in [5, 5.41) is 0. The Morgan fingerprint density at radius 2 is 1.15 bits per heavy atom. The van der Waals surface area contributed by atoms with E-state index in [0.717, 1.165) is 12.8 Å². The van der Waals surface area contributed by atoms with Crippen LogP contribution < -0.4 is 0 Å². The van der Waals surface area contributed by atoms with Gasteiger partial charge in [0.05, 0.1) is 13.2 Å². The van der Waals surface area contributed by atoms with Crippen LogP contribution >= 0.6 is 0 Å². The predicted octanol–water partition coefficient (Wildman–Crippen LogP) is 0.964. The van der Waals surface area contributed by atoms with E-state index in [1.54, 1.807) is 0 Å². The van der Waals surface area contributed by atoms with Crippen LogP contribution in [0.4, 0.5) is 0 Å². The van der Waals surface area contributed by atoms with Crippen LogP contribution in [0.2, 0.25) is 0 Å². The largest absolute Gasteiger partial charge is 0.767 e. The summed E-state index contributed by atoms with van der Waals surface area (Å²) in [7, 11) is -2.16.